The normalized spacial score (nSPS) is 18.4. The summed E-state index contributed by atoms with van der Waals surface area (Å²) in [6.07, 6.45) is 1.52. The van der Waals surface area contributed by atoms with Crippen LogP contribution in [0, 0.1) is 0 Å². The summed E-state index contributed by atoms with van der Waals surface area (Å²) in [5.74, 6) is -0.348. The number of hydrogen-bond acceptors (Lipinski definition) is 7. The van der Waals surface area contributed by atoms with Crippen molar-refractivity contribution in [2.45, 2.75) is 18.3 Å². The number of carbonyl (C=O) groups excluding carboxylic acids is 3. The van der Waals surface area contributed by atoms with Crippen molar-refractivity contribution in [2.75, 3.05) is 36.7 Å². The zero-order valence-corrected chi connectivity index (χ0v) is 17.3. The third-order valence-corrected chi connectivity index (χ3v) is 5.72. The molecule has 2 heterocycles. The number of hydrogen-bond donors (Lipinski definition) is 1. The number of nitrogens with zero attached hydrogens (tertiary/aromatic N) is 2. The zero-order chi connectivity index (χ0) is 21.0. The molecule has 1 saturated heterocycles. The molecule has 1 aromatic heterocycles. The Balaban J connectivity index is 1.55. The van der Waals surface area contributed by atoms with E-state index in [4.69, 9.17) is 9.15 Å². The van der Waals surface area contributed by atoms with Crippen LogP contribution in [-0.2, 0) is 19.1 Å². The second-order valence-corrected chi connectivity index (χ2v) is 7.85. The molecular weight excluding hydrogens is 394 g/mol. The molecule has 1 fully saturated rings. The summed E-state index contributed by atoms with van der Waals surface area (Å²) < 4.78 is 10.6. The summed E-state index contributed by atoms with van der Waals surface area (Å²) in [7, 11) is 3.85. The Bertz CT molecular complexity index is 867. The van der Waals surface area contributed by atoms with Crippen LogP contribution in [0.1, 0.15) is 18.1 Å². The highest BCUT2D eigenvalue weighted by atomic mass is 32.2. The van der Waals surface area contributed by atoms with E-state index >= 15 is 0 Å². The van der Waals surface area contributed by atoms with Gasteiger partial charge < -0.3 is 24.3 Å². The third kappa shape index (κ3) is 4.92. The van der Waals surface area contributed by atoms with Crippen LogP contribution in [0.25, 0.3) is 0 Å². The summed E-state index contributed by atoms with van der Waals surface area (Å²) >= 11 is 1.42. The molecule has 0 bridgehead atoms. The number of benzene rings is 1. The molecule has 1 N–H and O–H groups in total. The van der Waals surface area contributed by atoms with E-state index in [0.717, 1.165) is 5.69 Å². The SMILES string of the molecule is CC(=O)N1[C@@H](C(=O)OCC(=O)Nc2ccc(N(C)C)cc2)CS[C@H]1c1ccco1. The molecule has 2 atom stereocenters. The highest BCUT2D eigenvalue weighted by Crippen LogP contribution is 2.41. The van der Waals surface area contributed by atoms with Crippen molar-refractivity contribution in [1.29, 1.82) is 0 Å². The first-order valence-electron chi connectivity index (χ1n) is 9.04. The van der Waals surface area contributed by atoms with Crippen LogP contribution >= 0.6 is 11.8 Å². The van der Waals surface area contributed by atoms with Crippen LogP contribution in [0.5, 0.6) is 0 Å². The Morgan fingerprint density at radius 2 is 1.97 bits per heavy atom. The first-order chi connectivity index (χ1) is 13.9. The van der Waals surface area contributed by atoms with E-state index in [0.29, 0.717) is 17.2 Å². The van der Waals surface area contributed by atoms with Gasteiger partial charge in [-0.1, -0.05) is 0 Å². The van der Waals surface area contributed by atoms with Gasteiger partial charge in [-0.2, -0.15) is 0 Å². The highest BCUT2D eigenvalue weighted by Gasteiger charge is 2.43. The molecular formula is C20H23N3O5S. The number of rotatable bonds is 6. The fraction of sp³-hybridized carbons (Fsp3) is 0.350. The molecule has 154 valence electrons. The number of anilines is 2. The molecule has 8 nitrogen and oxygen atoms in total. The Labute approximate surface area is 173 Å². The van der Waals surface area contributed by atoms with Crippen LogP contribution in [-0.4, -0.2) is 55.2 Å². The number of amides is 2. The van der Waals surface area contributed by atoms with Crippen molar-refractivity contribution in [3.63, 3.8) is 0 Å². The molecule has 1 aliphatic rings. The number of esters is 1. The molecule has 0 aliphatic carbocycles. The van der Waals surface area contributed by atoms with Crippen LogP contribution in [0.3, 0.4) is 0 Å². The predicted molar refractivity (Wildman–Crippen MR) is 111 cm³/mol. The Kier molecular flexibility index (Phi) is 6.48. The molecule has 1 aromatic carbocycles. The number of ether oxygens (including phenoxy) is 1. The maximum absolute atomic E-state index is 12.5. The number of nitrogens with one attached hydrogen (secondary N) is 1. The summed E-state index contributed by atoms with van der Waals surface area (Å²) in [5.41, 5.74) is 1.61. The Morgan fingerprint density at radius 1 is 1.24 bits per heavy atom. The van der Waals surface area contributed by atoms with Gasteiger partial charge >= 0.3 is 5.97 Å². The van der Waals surface area contributed by atoms with Crippen LogP contribution in [0.2, 0.25) is 0 Å². The van der Waals surface area contributed by atoms with Gasteiger partial charge in [0.05, 0.1) is 6.26 Å². The number of carbonyl (C=O) groups is 3. The maximum Gasteiger partial charge on any atom is 0.330 e. The van der Waals surface area contributed by atoms with Crippen LogP contribution < -0.4 is 10.2 Å². The molecule has 3 rings (SSSR count). The average Bonchev–Trinajstić information content (AvgIpc) is 3.35. The molecule has 9 heteroatoms. The van der Waals surface area contributed by atoms with Crippen molar-refractivity contribution in [1.82, 2.24) is 4.90 Å². The van der Waals surface area contributed by atoms with Crippen LogP contribution in [0.4, 0.5) is 11.4 Å². The average molecular weight is 417 g/mol. The first kappa shape index (κ1) is 20.8. The van der Waals surface area contributed by atoms with Crippen molar-refractivity contribution in [2.24, 2.45) is 0 Å². The smallest absolute Gasteiger partial charge is 0.330 e. The highest BCUT2D eigenvalue weighted by molar-refractivity contribution is 7.99. The van der Waals surface area contributed by atoms with Crippen molar-refractivity contribution >= 4 is 40.9 Å². The van der Waals surface area contributed by atoms with Gasteiger partial charge in [0.25, 0.3) is 5.91 Å². The van der Waals surface area contributed by atoms with Gasteiger partial charge in [0.2, 0.25) is 5.91 Å². The van der Waals surface area contributed by atoms with E-state index < -0.39 is 24.5 Å². The Hall–Kier alpha value is -2.94. The second-order valence-electron chi connectivity index (χ2n) is 6.74. The summed E-state index contributed by atoms with van der Waals surface area (Å²) in [6.45, 7) is 0.971. The van der Waals surface area contributed by atoms with Crippen LogP contribution in [0.15, 0.2) is 47.1 Å². The minimum Gasteiger partial charge on any atom is -0.466 e. The quantitative estimate of drug-likeness (QED) is 0.722. The van der Waals surface area contributed by atoms with Crippen molar-refractivity contribution in [3.05, 3.63) is 48.4 Å². The largest absolute Gasteiger partial charge is 0.466 e. The van der Waals surface area contributed by atoms with E-state index in [1.54, 1.807) is 24.3 Å². The molecule has 0 unspecified atom stereocenters. The number of thioether (sulfide) groups is 1. The molecule has 29 heavy (non-hydrogen) atoms. The molecule has 2 aromatic rings. The lowest BCUT2D eigenvalue weighted by molar-refractivity contribution is -0.155. The minimum atomic E-state index is -0.764. The van der Waals surface area contributed by atoms with Gasteiger partial charge in [0.1, 0.15) is 17.2 Å². The van der Waals surface area contributed by atoms with E-state index in [-0.39, 0.29) is 11.3 Å². The fourth-order valence-electron chi connectivity index (χ4n) is 3.00. The lowest BCUT2D eigenvalue weighted by Gasteiger charge is -2.25. The van der Waals surface area contributed by atoms with E-state index in [9.17, 15) is 14.4 Å². The molecule has 0 radical (unpaired) electrons. The lowest BCUT2D eigenvalue weighted by atomic mass is 10.2. The third-order valence-electron chi connectivity index (χ3n) is 4.44. The van der Waals surface area contributed by atoms with Gasteiger partial charge in [0.15, 0.2) is 6.61 Å². The molecule has 1 aliphatic heterocycles. The van der Waals surface area contributed by atoms with Crippen molar-refractivity contribution < 1.29 is 23.5 Å². The van der Waals surface area contributed by atoms with Gasteiger partial charge in [0, 0.05) is 38.1 Å². The van der Waals surface area contributed by atoms with E-state index in [1.165, 1.54) is 29.8 Å². The number of furan rings is 1. The first-order valence-corrected chi connectivity index (χ1v) is 10.1. The summed E-state index contributed by atoms with van der Waals surface area (Å²) in [4.78, 5) is 40.1. The van der Waals surface area contributed by atoms with Gasteiger partial charge in [-0.3, -0.25) is 9.59 Å². The summed E-state index contributed by atoms with van der Waals surface area (Å²) in [5, 5.41) is 2.30. The predicted octanol–water partition coefficient (Wildman–Crippen LogP) is 2.49. The zero-order valence-electron chi connectivity index (χ0n) is 16.5. The minimum absolute atomic E-state index is 0.260. The summed E-state index contributed by atoms with van der Waals surface area (Å²) in [6, 6.07) is 10.0. The van der Waals surface area contributed by atoms with Gasteiger partial charge in [-0.25, -0.2) is 4.79 Å². The monoisotopic (exact) mass is 417 g/mol. The van der Waals surface area contributed by atoms with E-state index in [1.807, 2.05) is 31.1 Å². The topological polar surface area (TPSA) is 92.1 Å². The molecule has 0 spiro atoms. The van der Waals surface area contributed by atoms with Gasteiger partial charge in [-0.05, 0) is 36.4 Å². The lowest BCUT2D eigenvalue weighted by Crippen LogP contribution is -2.43. The standard InChI is InChI=1S/C20H23N3O5S/c1-13(24)23-16(12-29-19(23)17-5-4-10-27-17)20(26)28-11-18(25)21-14-6-8-15(9-7-14)22(2)3/h4-10,16,19H,11-12H2,1-3H3,(H,21,25)/t16-,19+/m1/s1. The fourth-order valence-corrected chi connectivity index (χ4v) is 4.41. The molecule has 2 amide bonds. The van der Waals surface area contributed by atoms with E-state index in [2.05, 4.69) is 5.32 Å². The maximum atomic E-state index is 12.5. The molecule has 0 saturated carbocycles. The Morgan fingerprint density at radius 3 is 2.55 bits per heavy atom. The second kappa shape index (κ2) is 9.04. The van der Waals surface area contributed by atoms with Gasteiger partial charge in [-0.15, -0.1) is 11.8 Å². The van der Waals surface area contributed by atoms with Crippen molar-refractivity contribution in [3.8, 4) is 0 Å².